The highest BCUT2D eigenvalue weighted by atomic mass is 16.5. The molecule has 4 heteroatoms. The second-order valence-corrected chi connectivity index (χ2v) is 4.15. The highest BCUT2D eigenvalue weighted by Gasteiger charge is 2.24. The molecule has 1 aromatic carbocycles. The minimum atomic E-state index is 0.160. The Morgan fingerprint density at radius 3 is 3.12 bits per heavy atom. The monoisotopic (exact) mass is 222 g/mol. The number of ether oxygens (including phenoxy) is 1. The number of aliphatic hydroxyl groups is 1. The van der Waals surface area contributed by atoms with Gasteiger partial charge < -0.3 is 20.5 Å². The summed E-state index contributed by atoms with van der Waals surface area (Å²) in [6.07, 6.45) is 0.911. The van der Waals surface area contributed by atoms with Crippen LogP contribution < -0.4 is 15.4 Å². The van der Waals surface area contributed by atoms with Crippen molar-refractivity contribution in [3.63, 3.8) is 0 Å². The molecule has 0 saturated carbocycles. The molecule has 0 fully saturated rings. The average molecular weight is 222 g/mol. The van der Waals surface area contributed by atoms with Gasteiger partial charge in [0, 0.05) is 13.2 Å². The first-order valence-electron chi connectivity index (χ1n) is 5.63. The Balaban J connectivity index is 2.28. The maximum Gasteiger partial charge on any atom is 0.145 e. The zero-order valence-corrected chi connectivity index (χ0v) is 9.52. The maximum atomic E-state index is 8.89. The molecule has 1 unspecified atom stereocenters. The molecule has 16 heavy (non-hydrogen) atoms. The Kier molecular flexibility index (Phi) is 3.19. The van der Waals surface area contributed by atoms with Crippen molar-refractivity contribution >= 4 is 11.4 Å². The number of fused-ring (bicyclic) bond motifs is 1. The standard InChI is InChI=1S/C12H18N2O2/c1-9-8-14(6-3-7-15)12-10(13)4-2-5-11(12)16-9/h2,4-5,9,15H,3,6-8,13H2,1H3. The molecule has 0 saturated heterocycles. The van der Waals surface area contributed by atoms with Crippen LogP contribution in [0.5, 0.6) is 5.75 Å². The molecule has 0 spiro atoms. The van der Waals surface area contributed by atoms with E-state index >= 15 is 0 Å². The van der Waals surface area contributed by atoms with Crippen LogP contribution in [0.1, 0.15) is 13.3 Å². The fourth-order valence-corrected chi connectivity index (χ4v) is 2.09. The molecule has 3 N–H and O–H groups in total. The van der Waals surface area contributed by atoms with E-state index < -0.39 is 0 Å². The first-order chi connectivity index (χ1) is 7.72. The largest absolute Gasteiger partial charge is 0.487 e. The van der Waals surface area contributed by atoms with E-state index in [0.717, 1.165) is 36.6 Å². The number of nitrogen functional groups attached to an aromatic ring is 1. The number of aliphatic hydroxyl groups excluding tert-OH is 1. The molecule has 1 atom stereocenters. The molecule has 1 aliphatic rings. The van der Waals surface area contributed by atoms with Gasteiger partial charge in [-0.3, -0.25) is 0 Å². The van der Waals surface area contributed by atoms with E-state index in [1.165, 1.54) is 0 Å². The molecule has 0 radical (unpaired) electrons. The van der Waals surface area contributed by atoms with Crippen LogP contribution in [0, 0.1) is 0 Å². The van der Waals surface area contributed by atoms with Gasteiger partial charge in [0.05, 0.1) is 12.2 Å². The summed E-state index contributed by atoms with van der Waals surface area (Å²) in [6.45, 7) is 3.87. The van der Waals surface area contributed by atoms with Crippen LogP contribution in [-0.4, -0.2) is 30.9 Å². The van der Waals surface area contributed by atoms with E-state index in [4.69, 9.17) is 15.6 Å². The lowest BCUT2D eigenvalue weighted by Gasteiger charge is -2.35. The molecule has 0 aliphatic carbocycles. The Bertz CT molecular complexity index is 368. The fourth-order valence-electron chi connectivity index (χ4n) is 2.09. The molecular weight excluding hydrogens is 204 g/mol. The van der Waals surface area contributed by atoms with Gasteiger partial charge in [0.1, 0.15) is 17.5 Å². The van der Waals surface area contributed by atoms with Crippen LogP contribution in [0.3, 0.4) is 0 Å². The van der Waals surface area contributed by atoms with Crippen molar-refractivity contribution in [3.8, 4) is 5.75 Å². The summed E-state index contributed by atoms with van der Waals surface area (Å²) < 4.78 is 5.74. The first-order valence-corrected chi connectivity index (χ1v) is 5.63. The van der Waals surface area contributed by atoms with Crippen molar-refractivity contribution in [1.29, 1.82) is 0 Å². The van der Waals surface area contributed by atoms with Crippen molar-refractivity contribution in [2.75, 3.05) is 30.3 Å². The second-order valence-electron chi connectivity index (χ2n) is 4.15. The average Bonchev–Trinajstić information content (AvgIpc) is 2.25. The lowest BCUT2D eigenvalue weighted by Crippen LogP contribution is -2.39. The number of nitrogens with zero attached hydrogens (tertiary/aromatic N) is 1. The second kappa shape index (κ2) is 4.61. The van der Waals surface area contributed by atoms with Crippen LogP contribution in [0.15, 0.2) is 18.2 Å². The zero-order valence-electron chi connectivity index (χ0n) is 9.52. The predicted molar refractivity (Wildman–Crippen MR) is 64.9 cm³/mol. The van der Waals surface area contributed by atoms with Crippen molar-refractivity contribution in [1.82, 2.24) is 0 Å². The number of rotatable bonds is 3. The molecule has 88 valence electrons. The summed E-state index contributed by atoms with van der Waals surface area (Å²) in [5.74, 6) is 0.844. The van der Waals surface area contributed by atoms with Gasteiger partial charge in [-0.05, 0) is 25.5 Å². The van der Waals surface area contributed by atoms with Crippen LogP contribution in [0.2, 0.25) is 0 Å². The normalized spacial score (nSPS) is 19.1. The van der Waals surface area contributed by atoms with Crippen LogP contribution in [0.25, 0.3) is 0 Å². The SMILES string of the molecule is CC1CN(CCCO)c2c(N)cccc2O1. The van der Waals surface area contributed by atoms with Crippen LogP contribution in [0.4, 0.5) is 11.4 Å². The molecule has 1 aromatic rings. The third-order valence-corrected chi connectivity index (χ3v) is 2.74. The number of benzene rings is 1. The lowest BCUT2D eigenvalue weighted by molar-refractivity contribution is 0.210. The lowest BCUT2D eigenvalue weighted by atomic mass is 10.1. The van der Waals surface area contributed by atoms with E-state index in [9.17, 15) is 0 Å². The summed E-state index contributed by atoms with van der Waals surface area (Å²) in [4.78, 5) is 2.19. The Labute approximate surface area is 95.6 Å². The Hall–Kier alpha value is -1.42. The maximum absolute atomic E-state index is 8.89. The number of nitrogens with two attached hydrogens (primary N) is 1. The van der Waals surface area contributed by atoms with E-state index in [1.807, 2.05) is 25.1 Å². The van der Waals surface area contributed by atoms with Gasteiger partial charge in [-0.1, -0.05) is 6.07 Å². The number of para-hydroxylation sites is 1. The summed E-state index contributed by atoms with van der Waals surface area (Å²) in [5.41, 5.74) is 7.67. The molecule has 4 nitrogen and oxygen atoms in total. The van der Waals surface area contributed by atoms with Crippen molar-refractivity contribution in [2.24, 2.45) is 0 Å². The first kappa shape index (κ1) is 11.1. The Morgan fingerprint density at radius 1 is 1.56 bits per heavy atom. The van der Waals surface area contributed by atoms with Crippen LogP contribution in [-0.2, 0) is 0 Å². The van der Waals surface area contributed by atoms with Gasteiger partial charge in [0.15, 0.2) is 0 Å². The minimum Gasteiger partial charge on any atom is -0.487 e. The number of anilines is 2. The van der Waals surface area contributed by atoms with Crippen molar-refractivity contribution in [3.05, 3.63) is 18.2 Å². The number of hydrogen-bond acceptors (Lipinski definition) is 4. The van der Waals surface area contributed by atoms with Crippen molar-refractivity contribution in [2.45, 2.75) is 19.4 Å². The van der Waals surface area contributed by atoms with Crippen LogP contribution >= 0.6 is 0 Å². The molecule has 0 amide bonds. The van der Waals surface area contributed by atoms with Gasteiger partial charge in [0.2, 0.25) is 0 Å². The third-order valence-electron chi connectivity index (χ3n) is 2.74. The zero-order chi connectivity index (χ0) is 11.5. The van der Waals surface area contributed by atoms with E-state index in [2.05, 4.69) is 4.90 Å². The quantitative estimate of drug-likeness (QED) is 0.755. The highest BCUT2D eigenvalue weighted by molar-refractivity contribution is 5.75. The summed E-state index contributed by atoms with van der Waals surface area (Å²) in [6, 6.07) is 5.72. The van der Waals surface area contributed by atoms with E-state index in [-0.39, 0.29) is 12.7 Å². The molecule has 1 aliphatic heterocycles. The molecular formula is C12H18N2O2. The van der Waals surface area contributed by atoms with Gasteiger partial charge >= 0.3 is 0 Å². The topological polar surface area (TPSA) is 58.7 Å². The Morgan fingerprint density at radius 2 is 2.38 bits per heavy atom. The van der Waals surface area contributed by atoms with Gasteiger partial charge in [-0.25, -0.2) is 0 Å². The molecule has 2 rings (SSSR count). The molecule has 0 bridgehead atoms. The third kappa shape index (κ3) is 2.07. The summed E-state index contributed by atoms with van der Waals surface area (Å²) >= 11 is 0. The smallest absolute Gasteiger partial charge is 0.145 e. The highest BCUT2D eigenvalue weighted by Crippen LogP contribution is 2.38. The summed E-state index contributed by atoms with van der Waals surface area (Å²) in [7, 11) is 0. The fraction of sp³-hybridized carbons (Fsp3) is 0.500. The van der Waals surface area contributed by atoms with Crippen molar-refractivity contribution < 1.29 is 9.84 Å². The minimum absolute atomic E-state index is 0.160. The summed E-state index contributed by atoms with van der Waals surface area (Å²) in [5, 5.41) is 8.89. The number of hydrogen-bond donors (Lipinski definition) is 2. The van der Waals surface area contributed by atoms with Gasteiger partial charge in [-0.15, -0.1) is 0 Å². The van der Waals surface area contributed by atoms with Gasteiger partial charge in [0.25, 0.3) is 0 Å². The van der Waals surface area contributed by atoms with Gasteiger partial charge in [-0.2, -0.15) is 0 Å². The predicted octanol–water partition coefficient (Wildman–Crippen LogP) is 1.24. The molecule has 1 heterocycles. The van der Waals surface area contributed by atoms with E-state index in [0.29, 0.717) is 0 Å². The molecule has 0 aromatic heterocycles. The van der Waals surface area contributed by atoms with E-state index in [1.54, 1.807) is 0 Å².